The van der Waals surface area contributed by atoms with E-state index in [1.807, 2.05) is 24.3 Å². The zero-order valence-corrected chi connectivity index (χ0v) is 13.7. The first-order valence-corrected chi connectivity index (χ1v) is 8.35. The molecule has 1 aliphatic heterocycles. The fraction of sp³-hybridized carbons (Fsp3) is 0.588. The van der Waals surface area contributed by atoms with Crippen molar-refractivity contribution in [1.29, 1.82) is 0 Å². The fourth-order valence-corrected chi connectivity index (χ4v) is 3.03. The maximum Gasteiger partial charge on any atom is 0.119 e. The Hall–Kier alpha value is -1.13. The van der Waals surface area contributed by atoms with Gasteiger partial charge in [-0.15, -0.1) is 0 Å². The molecular formula is C17H26N2OS. The van der Waals surface area contributed by atoms with Gasteiger partial charge in [0.2, 0.25) is 0 Å². The molecule has 1 heterocycles. The van der Waals surface area contributed by atoms with Crippen molar-refractivity contribution in [2.24, 2.45) is 11.7 Å². The maximum atomic E-state index is 5.80. The molecule has 0 radical (unpaired) electrons. The summed E-state index contributed by atoms with van der Waals surface area (Å²) >= 11 is 4.98. The standard InChI is InChI=1S/C17H26N2OS/c1-2-14-6-4-9-19(13-14)10-5-11-20-16-8-3-7-15(12-16)17(18)21/h3,7-8,12,14H,2,4-6,9-11,13H2,1H3,(H2,18,21). The fourth-order valence-electron chi connectivity index (χ4n) is 2.90. The Morgan fingerprint density at radius 2 is 2.33 bits per heavy atom. The smallest absolute Gasteiger partial charge is 0.119 e. The van der Waals surface area contributed by atoms with Crippen molar-refractivity contribution in [3.8, 4) is 5.75 Å². The molecule has 116 valence electrons. The molecule has 0 aliphatic carbocycles. The van der Waals surface area contributed by atoms with Gasteiger partial charge in [0.05, 0.1) is 6.61 Å². The molecule has 1 aliphatic rings. The number of hydrogen-bond donors (Lipinski definition) is 1. The summed E-state index contributed by atoms with van der Waals surface area (Å²) < 4.78 is 5.80. The van der Waals surface area contributed by atoms with E-state index in [-0.39, 0.29) is 0 Å². The van der Waals surface area contributed by atoms with Gasteiger partial charge in [-0.25, -0.2) is 0 Å². The molecule has 0 spiro atoms. The highest BCUT2D eigenvalue weighted by molar-refractivity contribution is 7.80. The molecule has 0 saturated carbocycles. The van der Waals surface area contributed by atoms with Gasteiger partial charge in [-0.1, -0.05) is 37.7 Å². The summed E-state index contributed by atoms with van der Waals surface area (Å²) in [5.41, 5.74) is 6.50. The minimum atomic E-state index is 0.416. The third-order valence-electron chi connectivity index (χ3n) is 4.19. The molecule has 1 saturated heterocycles. The highest BCUT2D eigenvalue weighted by Gasteiger charge is 2.17. The molecule has 21 heavy (non-hydrogen) atoms. The quantitative estimate of drug-likeness (QED) is 0.620. The molecule has 0 bridgehead atoms. The number of benzene rings is 1. The van der Waals surface area contributed by atoms with E-state index in [0.717, 1.165) is 36.8 Å². The predicted molar refractivity (Wildman–Crippen MR) is 91.9 cm³/mol. The first kappa shape index (κ1) is 16.2. The molecule has 1 fully saturated rings. The van der Waals surface area contributed by atoms with Gasteiger partial charge in [-0.3, -0.25) is 0 Å². The van der Waals surface area contributed by atoms with Crippen molar-refractivity contribution in [2.45, 2.75) is 32.6 Å². The molecule has 3 nitrogen and oxygen atoms in total. The van der Waals surface area contributed by atoms with E-state index in [2.05, 4.69) is 11.8 Å². The Morgan fingerprint density at radius 1 is 1.48 bits per heavy atom. The Morgan fingerprint density at radius 3 is 3.10 bits per heavy atom. The Bertz CT molecular complexity index is 464. The summed E-state index contributed by atoms with van der Waals surface area (Å²) in [7, 11) is 0. The normalized spacial score (nSPS) is 19.4. The van der Waals surface area contributed by atoms with E-state index >= 15 is 0 Å². The Balaban J connectivity index is 1.70. The van der Waals surface area contributed by atoms with Crippen LogP contribution < -0.4 is 10.5 Å². The van der Waals surface area contributed by atoms with Gasteiger partial charge in [0, 0.05) is 18.7 Å². The average Bonchev–Trinajstić information content (AvgIpc) is 2.52. The second kappa shape index (κ2) is 8.35. The number of nitrogens with zero attached hydrogens (tertiary/aromatic N) is 1. The molecule has 0 aromatic heterocycles. The zero-order chi connectivity index (χ0) is 15.1. The zero-order valence-electron chi connectivity index (χ0n) is 12.9. The number of hydrogen-bond acceptors (Lipinski definition) is 3. The molecule has 1 unspecified atom stereocenters. The van der Waals surface area contributed by atoms with Crippen LogP contribution >= 0.6 is 12.2 Å². The summed E-state index contributed by atoms with van der Waals surface area (Å²) in [5, 5.41) is 0. The third kappa shape index (κ3) is 5.29. The van der Waals surface area contributed by atoms with E-state index in [0.29, 0.717) is 4.99 Å². The summed E-state index contributed by atoms with van der Waals surface area (Å²) in [6.45, 7) is 6.67. The van der Waals surface area contributed by atoms with Crippen molar-refractivity contribution in [1.82, 2.24) is 4.90 Å². The molecule has 1 atom stereocenters. The number of thiocarbonyl (C=S) groups is 1. The number of ether oxygens (including phenoxy) is 1. The van der Waals surface area contributed by atoms with Crippen LogP contribution in [0.25, 0.3) is 0 Å². The van der Waals surface area contributed by atoms with Crippen LogP contribution in [0.15, 0.2) is 24.3 Å². The summed E-state index contributed by atoms with van der Waals surface area (Å²) in [6.07, 6.45) is 5.11. The van der Waals surface area contributed by atoms with Crippen LogP contribution in [-0.2, 0) is 0 Å². The minimum Gasteiger partial charge on any atom is -0.494 e. The molecule has 2 rings (SSSR count). The lowest BCUT2D eigenvalue weighted by Crippen LogP contribution is -2.36. The highest BCUT2D eigenvalue weighted by atomic mass is 32.1. The minimum absolute atomic E-state index is 0.416. The lowest BCUT2D eigenvalue weighted by Gasteiger charge is -2.32. The van der Waals surface area contributed by atoms with E-state index in [4.69, 9.17) is 22.7 Å². The average molecular weight is 306 g/mol. The van der Waals surface area contributed by atoms with Gasteiger partial charge in [-0.05, 0) is 43.9 Å². The Labute approximate surface area is 133 Å². The second-order valence-electron chi connectivity index (χ2n) is 5.81. The number of nitrogens with two attached hydrogens (primary N) is 1. The summed E-state index contributed by atoms with van der Waals surface area (Å²) in [6, 6.07) is 7.71. The van der Waals surface area contributed by atoms with Gasteiger partial charge in [0.25, 0.3) is 0 Å². The van der Waals surface area contributed by atoms with Gasteiger partial charge in [-0.2, -0.15) is 0 Å². The van der Waals surface area contributed by atoms with Crippen LogP contribution in [0.5, 0.6) is 5.75 Å². The number of piperidine rings is 1. The van der Waals surface area contributed by atoms with Crippen LogP contribution in [0.1, 0.15) is 38.2 Å². The van der Waals surface area contributed by atoms with Crippen molar-refractivity contribution in [3.63, 3.8) is 0 Å². The van der Waals surface area contributed by atoms with Gasteiger partial charge in [0.1, 0.15) is 10.7 Å². The first-order chi connectivity index (χ1) is 10.2. The van der Waals surface area contributed by atoms with Gasteiger partial charge >= 0.3 is 0 Å². The SMILES string of the molecule is CCC1CCCN(CCCOc2cccc(C(N)=S)c2)C1. The lowest BCUT2D eigenvalue weighted by molar-refractivity contribution is 0.160. The lowest BCUT2D eigenvalue weighted by atomic mass is 9.96. The predicted octanol–water partition coefficient (Wildman–Crippen LogP) is 3.21. The van der Waals surface area contributed by atoms with E-state index in [1.54, 1.807) is 0 Å². The van der Waals surface area contributed by atoms with Crippen LogP contribution in [-0.4, -0.2) is 36.1 Å². The van der Waals surface area contributed by atoms with E-state index < -0.39 is 0 Å². The third-order valence-corrected chi connectivity index (χ3v) is 4.42. The molecular weight excluding hydrogens is 280 g/mol. The van der Waals surface area contributed by atoms with Crippen LogP contribution in [0, 0.1) is 5.92 Å². The van der Waals surface area contributed by atoms with Crippen LogP contribution in [0.2, 0.25) is 0 Å². The van der Waals surface area contributed by atoms with Crippen molar-refractivity contribution >= 4 is 17.2 Å². The van der Waals surface area contributed by atoms with Gasteiger partial charge in [0.15, 0.2) is 0 Å². The summed E-state index contributed by atoms with van der Waals surface area (Å²) in [4.78, 5) is 2.99. The maximum absolute atomic E-state index is 5.80. The molecule has 4 heteroatoms. The Kier molecular flexibility index (Phi) is 6.46. The van der Waals surface area contributed by atoms with Gasteiger partial charge < -0.3 is 15.4 Å². The van der Waals surface area contributed by atoms with Crippen molar-refractivity contribution in [2.75, 3.05) is 26.2 Å². The second-order valence-corrected chi connectivity index (χ2v) is 6.25. The largest absolute Gasteiger partial charge is 0.494 e. The molecule has 1 aromatic rings. The monoisotopic (exact) mass is 306 g/mol. The highest BCUT2D eigenvalue weighted by Crippen LogP contribution is 2.19. The van der Waals surface area contributed by atoms with Crippen molar-refractivity contribution in [3.05, 3.63) is 29.8 Å². The van der Waals surface area contributed by atoms with Crippen LogP contribution in [0.3, 0.4) is 0 Å². The number of likely N-dealkylation sites (tertiary alicyclic amines) is 1. The number of rotatable bonds is 7. The molecule has 0 amide bonds. The van der Waals surface area contributed by atoms with E-state index in [9.17, 15) is 0 Å². The topological polar surface area (TPSA) is 38.5 Å². The van der Waals surface area contributed by atoms with E-state index in [1.165, 1.54) is 32.4 Å². The molecule has 2 N–H and O–H groups in total. The van der Waals surface area contributed by atoms with Crippen molar-refractivity contribution < 1.29 is 4.74 Å². The summed E-state index contributed by atoms with van der Waals surface area (Å²) in [5.74, 6) is 1.74. The van der Waals surface area contributed by atoms with Crippen LogP contribution in [0.4, 0.5) is 0 Å². The first-order valence-electron chi connectivity index (χ1n) is 7.94. The molecule has 1 aromatic carbocycles.